The molecule has 3 atom stereocenters. The van der Waals surface area contributed by atoms with Gasteiger partial charge in [-0.1, -0.05) is 24.6 Å². The Hall–Kier alpha value is -1.26. The van der Waals surface area contributed by atoms with E-state index in [1.54, 1.807) is 0 Å². The molecule has 2 aliphatic rings. The molecule has 5 heteroatoms. The third-order valence-electron chi connectivity index (χ3n) is 3.92. The molecule has 3 N–H and O–H groups in total. The molecular weight excluding hydrogens is 264 g/mol. The second kappa shape index (κ2) is 5.80. The highest BCUT2D eigenvalue weighted by Gasteiger charge is 2.33. The fourth-order valence-electron chi connectivity index (χ4n) is 2.88. The zero-order valence-electron chi connectivity index (χ0n) is 10.7. The van der Waals surface area contributed by atoms with Gasteiger partial charge in [0.15, 0.2) is 0 Å². The van der Waals surface area contributed by atoms with Crippen LogP contribution in [0.2, 0.25) is 0 Å². The SMILES string of the molecule is Cl.NC1CCCC1C(=O)NC1COc2ccccc21. The zero-order valence-corrected chi connectivity index (χ0v) is 11.5. The number of hydrogen-bond acceptors (Lipinski definition) is 3. The van der Waals surface area contributed by atoms with Crippen molar-refractivity contribution < 1.29 is 9.53 Å². The number of nitrogens with two attached hydrogens (primary N) is 1. The summed E-state index contributed by atoms with van der Waals surface area (Å²) in [5.74, 6) is 0.918. The third kappa shape index (κ3) is 2.69. The Morgan fingerprint density at radius 1 is 1.32 bits per heavy atom. The van der Waals surface area contributed by atoms with Crippen molar-refractivity contribution in [2.24, 2.45) is 11.7 Å². The first kappa shape index (κ1) is 14.2. The zero-order chi connectivity index (χ0) is 12.5. The molecule has 104 valence electrons. The lowest BCUT2D eigenvalue weighted by molar-refractivity contribution is -0.126. The van der Waals surface area contributed by atoms with Gasteiger partial charge in [-0.3, -0.25) is 4.79 Å². The summed E-state index contributed by atoms with van der Waals surface area (Å²) in [6, 6.07) is 7.83. The largest absolute Gasteiger partial charge is 0.491 e. The topological polar surface area (TPSA) is 64.4 Å². The molecule has 0 saturated heterocycles. The minimum Gasteiger partial charge on any atom is -0.491 e. The lowest BCUT2D eigenvalue weighted by atomic mass is 10.0. The van der Waals surface area contributed by atoms with Gasteiger partial charge in [0.25, 0.3) is 0 Å². The van der Waals surface area contributed by atoms with E-state index in [9.17, 15) is 4.79 Å². The predicted octanol–water partition coefficient (Wildman–Crippen LogP) is 1.79. The van der Waals surface area contributed by atoms with E-state index in [2.05, 4.69) is 5.32 Å². The number of benzene rings is 1. The lowest BCUT2D eigenvalue weighted by Gasteiger charge is -2.18. The van der Waals surface area contributed by atoms with Gasteiger partial charge in [-0.25, -0.2) is 0 Å². The molecule has 1 amide bonds. The van der Waals surface area contributed by atoms with Crippen LogP contribution in [0.25, 0.3) is 0 Å². The number of carbonyl (C=O) groups is 1. The highest BCUT2D eigenvalue weighted by atomic mass is 35.5. The van der Waals surface area contributed by atoms with E-state index >= 15 is 0 Å². The van der Waals surface area contributed by atoms with Crippen LogP contribution in [0.5, 0.6) is 5.75 Å². The maximum atomic E-state index is 12.2. The van der Waals surface area contributed by atoms with Crippen LogP contribution in [0.15, 0.2) is 24.3 Å². The molecule has 0 aromatic heterocycles. The van der Waals surface area contributed by atoms with E-state index in [4.69, 9.17) is 10.5 Å². The predicted molar refractivity (Wildman–Crippen MR) is 75.4 cm³/mol. The molecule has 19 heavy (non-hydrogen) atoms. The maximum Gasteiger partial charge on any atom is 0.225 e. The van der Waals surface area contributed by atoms with Crippen LogP contribution in [-0.4, -0.2) is 18.6 Å². The molecule has 0 spiro atoms. The van der Waals surface area contributed by atoms with Gasteiger partial charge in [-0.15, -0.1) is 12.4 Å². The average Bonchev–Trinajstić information content (AvgIpc) is 2.97. The molecule has 0 bridgehead atoms. The molecule has 0 radical (unpaired) electrons. The van der Waals surface area contributed by atoms with E-state index < -0.39 is 0 Å². The van der Waals surface area contributed by atoms with Crippen LogP contribution in [0.1, 0.15) is 30.9 Å². The number of halogens is 1. The summed E-state index contributed by atoms with van der Waals surface area (Å²) in [5, 5.41) is 3.06. The average molecular weight is 283 g/mol. The van der Waals surface area contributed by atoms with Crippen molar-refractivity contribution in [3.05, 3.63) is 29.8 Å². The van der Waals surface area contributed by atoms with Crippen molar-refractivity contribution in [1.82, 2.24) is 5.32 Å². The maximum absolute atomic E-state index is 12.2. The van der Waals surface area contributed by atoms with Crippen LogP contribution < -0.4 is 15.8 Å². The molecular formula is C14H19ClN2O2. The van der Waals surface area contributed by atoms with Crippen LogP contribution >= 0.6 is 12.4 Å². The third-order valence-corrected chi connectivity index (χ3v) is 3.92. The minimum absolute atomic E-state index is 0. The summed E-state index contributed by atoms with van der Waals surface area (Å²) >= 11 is 0. The number of carbonyl (C=O) groups excluding carboxylic acids is 1. The Balaban J connectivity index is 0.00000133. The number of amides is 1. The number of nitrogens with one attached hydrogen (secondary N) is 1. The van der Waals surface area contributed by atoms with Crippen LogP contribution in [0, 0.1) is 5.92 Å². The van der Waals surface area contributed by atoms with Crippen molar-refractivity contribution in [3.8, 4) is 5.75 Å². The van der Waals surface area contributed by atoms with Gasteiger partial charge < -0.3 is 15.8 Å². The molecule has 1 aromatic rings. The number of rotatable bonds is 2. The second-order valence-electron chi connectivity index (χ2n) is 5.11. The number of fused-ring (bicyclic) bond motifs is 1. The summed E-state index contributed by atoms with van der Waals surface area (Å²) in [4.78, 5) is 12.2. The first-order valence-corrected chi connectivity index (χ1v) is 6.53. The molecule has 1 fully saturated rings. The molecule has 1 saturated carbocycles. The summed E-state index contributed by atoms with van der Waals surface area (Å²) in [7, 11) is 0. The van der Waals surface area contributed by atoms with E-state index in [-0.39, 0.29) is 36.3 Å². The van der Waals surface area contributed by atoms with E-state index in [0.29, 0.717) is 6.61 Å². The summed E-state index contributed by atoms with van der Waals surface area (Å²) in [5.41, 5.74) is 7.02. The van der Waals surface area contributed by atoms with Crippen LogP contribution in [-0.2, 0) is 4.79 Å². The molecule has 3 rings (SSSR count). The molecule has 1 heterocycles. The van der Waals surface area contributed by atoms with E-state index in [1.807, 2.05) is 24.3 Å². The number of hydrogen-bond donors (Lipinski definition) is 2. The molecule has 4 nitrogen and oxygen atoms in total. The lowest BCUT2D eigenvalue weighted by Crippen LogP contribution is -2.40. The van der Waals surface area contributed by atoms with Gasteiger partial charge >= 0.3 is 0 Å². The first-order valence-electron chi connectivity index (χ1n) is 6.53. The summed E-state index contributed by atoms with van der Waals surface area (Å²) in [6.07, 6.45) is 2.91. The van der Waals surface area contributed by atoms with E-state index in [0.717, 1.165) is 30.6 Å². The fraction of sp³-hybridized carbons (Fsp3) is 0.500. The Bertz CT molecular complexity index is 467. The Morgan fingerprint density at radius 3 is 2.84 bits per heavy atom. The second-order valence-corrected chi connectivity index (χ2v) is 5.11. The molecule has 1 aliphatic heterocycles. The van der Waals surface area contributed by atoms with Gasteiger partial charge in [-0.2, -0.15) is 0 Å². The van der Waals surface area contributed by atoms with Crippen molar-refractivity contribution in [3.63, 3.8) is 0 Å². The van der Waals surface area contributed by atoms with Crippen LogP contribution in [0.3, 0.4) is 0 Å². The van der Waals surface area contributed by atoms with Gasteiger partial charge in [0.1, 0.15) is 12.4 Å². The highest BCUT2D eigenvalue weighted by molar-refractivity contribution is 5.85. The minimum atomic E-state index is -0.0298. The number of ether oxygens (including phenoxy) is 1. The Labute approximate surface area is 119 Å². The highest BCUT2D eigenvalue weighted by Crippen LogP contribution is 2.32. The first-order chi connectivity index (χ1) is 8.75. The van der Waals surface area contributed by atoms with Crippen molar-refractivity contribution in [2.75, 3.05) is 6.61 Å². The fourth-order valence-corrected chi connectivity index (χ4v) is 2.88. The summed E-state index contributed by atoms with van der Waals surface area (Å²) < 4.78 is 5.56. The van der Waals surface area contributed by atoms with Gasteiger partial charge in [-0.05, 0) is 18.9 Å². The Kier molecular flexibility index (Phi) is 4.32. The Morgan fingerprint density at radius 2 is 2.11 bits per heavy atom. The van der Waals surface area contributed by atoms with Crippen molar-refractivity contribution in [1.29, 1.82) is 0 Å². The van der Waals surface area contributed by atoms with Gasteiger partial charge in [0.05, 0.1) is 12.0 Å². The van der Waals surface area contributed by atoms with Gasteiger partial charge in [0, 0.05) is 11.6 Å². The molecule has 3 unspecified atom stereocenters. The standard InChI is InChI=1S/C14H18N2O2.ClH/c15-11-6-3-5-9(11)14(17)16-12-8-18-13-7-2-1-4-10(12)13;/h1-2,4,7,9,11-12H,3,5-6,8,15H2,(H,16,17);1H. The monoisotopic (exact) mass is 282 g/mol. The quantitative estimate of drug-likeness (QED) is 0.869. The van der Waals surface area contributed by atoms with Crippen molar-refractivity contribution in [2.45, 2.75) is 31.3 Å². The molecule has 1 aromatic carbocycles. The number of para-hydroxylation sites is 1. The molecule has 1 aliphatic carbocycles. The normalized spacial score (nSPS) is 28.2. The van der Waals surface area contributed by atoms with Crippen LogP contribution in [0.4, 0.5) is 0 Å². The van der Waals surface area contributed by atoms with Crippen molar-refractivity contribution >= 4 is 18.3 Å². The van der Waals surface area contributed by atoms with E-state index in [1.165, 1.54) is 0 Å². The summed E-state index contributed by atoms with van der Waals surface area (Å²) in [6.45, 7) is 0.521. The smallest absolute Gasteiger partial charge is 0.225 e. The van der Waals surface area contributed by atoms with Gasteiger partial charge in [0.2, 0.25) is 5.91 Å².